The molecular formula is C20H30N7O23P5. The minimum atomic E-state index is -6.43. The summed E-state index contributed by atoms with van der Waals surface area (Å²) in [5.74, 6) is -0.0386. The van der Waals surface area contributed by atoms with E-state index in [0.29, 0.717) is 0 Å². The van der Waals surface area contributed by atoms with Gasteiger partial charge in [-0.2, -0.15) is 17.2 Å². The summed E-state index contributed by atoms with van der Waals surface area (Å²) >= 11 is 0. The Hall–Kier alpha value is -2.46. The fourth-order valence-corrected chi connectivity index (χ4v) is 11.3. The van der Waals surface area contributed by atoms with Gasteiger partial charge >= 0.3 is 44.8 Å². The highest BCUT2D eigenvalue weighted by Crippen LogP contribution is 2.73. The predicted octanol–water partition coefficient (Wildman–Crippen LogP) is -1.86. The van der Waals surface area contributed by atoms with Gasteiger partial charge < -0.3 is 55.0 Å². The molecule has 0 amide bonds. The molecule has 30 nitrogen and oxygen atoms in total. The van der Waals surface area contributed by atoms with Crippen LogP contribution in [0.5, 0.6) is 0 Å². The molecule has 2 aliphatic rings. The highest BCUT2D eigenvalue weighted by Gasteiger charge is 2.50. The number of aromatic nitrogens is 6. The summed E-state index contributed by atoms with van der Waals surface area (Å²) in [6.45, 7) is -0.894. The number of phosphoric acid groups is 5. The molecular weight excluding hydrogens is 861 g/mol. The van der Waals surface area contributed by atoms with Gasteiger partial charge in [0.25, 0.3) is 5.56 Å². The van der Waals surface area contributed by atoms with Crippen molar-refractivity contribution in [3.05, 3.63) is 45.3 Å². The molecule has 0 bridgehead atoms. The molecule has 35 heteroatoms. The topological polar surface area (TPSA) is 446 Å². The van der Waals surface area contributed by atoms with Crippen LogP contribution >= 0.6 is 39.1 Å². The van der Waals surface area contributed by atoms with E-state index in [1.54, 1.807) is 0 Å². The molecule has 0 spiro atoms. The van der Waals surface area contributed by atoms with Crippen molar-refractivity contribution in [1.29, 1.82) is 0 Å². The lowest BCUT2D eigenvalue weighted by atomic mass is 10.1. The Morgan fingerprint density at radius 1 is 0.800 bits per heavy atom. The summed E-state index contributed by atoms with van der Waals surface area (Å²) < 4.78 is 98.1. The number of fused-ring (bicyclic) bond motifs is 1. The Labute approximate surface area is 304 Å². The normalized spacial score (nSPS) is 29.9. The number of anilines is 1. The first-order chi connectivity index (χ1) is 25.3. The summed E-state index contributed by atoms with van der Waals surface area (Å²) in [5, 5.41) is 31.1. The van der Waals surface area contributed by atoms with Gasteiger partial charge in [-0.1, -0.05) is 0 Å². The third kappa shape index (κ3) is 10.7. The van der Waals surface area contributed by atoms with Crippen LogP contribution in [0.1, 0.15) is 24.4 Å². The number of nitrogen functional groups attached to an aromatic ring is 1. The molecule has 3 aromatic rings. The molecule has 2 fully saturated rings. The number of aromatic amines is 1. The minimum absolute atomic E-state index is 0.0386. The standard InChI is InChI=1S/C20H30N7O23P5/c1-8-3-26(20(32)25-18(8)31)12-2-9(28)10(45-12)4-43-51(33,34)47-53(37,38)49-55(41,42)50-54(39,40)48-52(35,36)44-5-11-14(29)15(30)19(46-11)27-7-24-13-16(21)22-6-23-17(13)27/h3,6-7,9-12,14-15,19,28-30H,2,4-5H2,1H3,(H,33,34)(H,35,36)(H,37,38)(H,39,40)(H,41,42)(H2,21,22,23)(H,25,31,32)/t9-,10+,11+,12?,14+,15+,19?/m0/s1. The van der Waals surface area contributed by atoms with Crippen LogP contribution < -0.4 is 17.0 Å². The molecule has 2 saturated heterocycles. The first kappa shape index (κ1) is 43.7. The third-order valence-corrected chi connectivity index (χ3v) is 14.8. The van der Waals surface area contributed by atoms with E-state index in [-0.39, 0.29) is 29.0 Å². The van der Waals surface area contributed by atoms with Crippen LogP contribution in [0, 0.1) is 6.92 Å². The van der Waals surface area contributed by atoms with Crippen molar-refractivity contribution in [1.82, 2.24) is 29.1 Å². The Morgan fingerprint density at radius 3 is 1.93 bits per heavy atom. The van der Waals surface area contributed by atoms with E-state index >= 15 is 0 Å². The molecule has 7 unspecified atom stereocenters. The SMILES string of the molecule is Cc1cn(C2C[C@H](O)[C@@H](COP(=O)(O)OP(=O)(O)OP(=O)(O)OP(=O)(O)OP(=O)(O)OC[C@H]3OC(n4cnc5c(N)ncnc54)[C@H](O)[C@@H]3O)O2)c(=O)[nH]c1=O. The summed E-state index contributed by atoms with van der Waals surface area (Å²) in [6, 6.07) is 0. The molecule has 308 valence electrons. The molecule has 2 aliphatic heterocycles. The van der Waals surface area contributed by atoms with Gasteiger partial charge in [-0.25, -0.2) is 42.6 Å². The van der Waals surface area contributed by atoms with Crippen molar-refractivity contribution in [2.24, 2.45) is 0 Å². The van der Waals surface area contributed by atoms with Crippen LogP contribution in [0.2, 0.25) is 0 Å². The second-order valence-electron chi connectivity index (χ2n) is 11.3. The zero-order valence-electron chi connectivity index (χ0n) is 27.1. The van der Waals surface area contributed by atoms with Crippen LogP contribution in [0.15, 0.2) is 28.4 Å². The molecule has 5 heterocycles. The molecule has 55 heavy (non-hydrogen) atoms. The van der Waals surface area contributed by atoms with E-state index in [0.717, 1.165) is 28.0 Å². The average Bonchev–Trinajstić information content (AvgIpc) is 3.70. The Balaban J connectivity index is 1.12. The number of ether oxygens (including phenoxy) is 2. The number of aliphatic hydroxyl groups excluding tert-OH is 3. The average molecular weight is 891 g/mol. The van der Waals surface area contributed by atoms with Crippen molar-refractivity contribution in [2.45, 2.75) is 56.3 Å². The monoisotopic (exact) mass is 891 g/mol. The Bertz CT molecular complexity index is 2280. The predicted molar refractivity (Wildman–Crippen MR) is 172 cm³/mol. The molecule has 0 radical (unpaired) electrons. The summed E-state index contributed by atoms with van der Waals surface area (Å²) in [6.07, 6.45) is -7.94. The number of aliphatic hydroxyl groups is 3. The van der Waals surface area contributed by atoms with E-state index in [1.165, 1.54) is 6.92 Å². The molecule has 0 aromatic carbocycles. The first-order valence-electron chi connectivity index (χ1n) is 14.7. The lowest BCUT2D eigenvalue weighted by Crippen LogP contribution is -2.33. The molecule has 11 N–H and O–H groups in total. The highest BCUT2D eigenvalue weighted by atomic mass is 31.3. The van der Waals surface area contributed by atoms with Crippen molar-refractivity contribution in [2.75, 3.05) is 18.9 Å². The number of nitrogens with one attached hydrogen (secondary N) is 1. The molecule has 3 aromatic heterocycles. The van der Waals surface area contributed by atoms with Crippen LogP contribution in [0.3, 0.4) is 0 Å². The number of rotatable bonds is 16. The number of imidazole rings is 1. The maximum atomic E-state index is 12.4. The fourth-order valence-electron chi connectivity index (χ4n) is 4.94. The minimum Gasteiger partial charge on any atom is -0.390 e. The second kappa shape index (κ2) is 16.1. The van der Waals surface area contributed by atoms with Gasteiger partial charge in [-0.3, -0.25) is 28.0 Å². The quantitative estimate of drug-likeness (QED) is 0.0705. The van der Waals surface area contributed by atoms with Gasteiger partial charge in [-0.05, 0) is 6.92 Å². The summed E-state index contributed by atoms with van der Waals surface area (Å²) in [7, 11) is -30.7. The van der Waals surface area contributed by atoms with Gasteiger partial charge in [0.2, 0.25) is 0 Å². The van der Waals surface area contributed by atoms with E-state index in [9.17, 15) is 72.2 Å². The number of phosphoric ester groups is 2. The van der Waals surface area contributed by atoms with Crippen molar-refractivity contribution >= 4 is 56.1 Å². The van der Waals surface area contributed by atoms with E-state index in [4.69, 9.17) is 15.2 Å². The Kier molecular flexibility index (Phi) is 12.7. The van der Waals surface area contributed by atoms with Crippen LogP contribution in [-0.4, -0.2) is 113 Å². The van der Waals surface area contributed by atoms with Gasteiger partial charge in [0.15, 0.2) is 17.7 Å². The van der Waals surface area contributed by atoms with Crippen LogP contribution in [0.25, 0.3) is 11.2 Å². The van der Waals surface area contributed by atoms with Crippen LogP contribution in [-0.2, 0) is 58.6 Å². The van der Waals surface area contributed by atoms with E-state index < -0.39 is 107 Å². The number of nitrogens with two attached hydrogens (primary N) is 1. The number of H-pyrrole nitrogens is 1. The van der Waals surface area contributed by atoms with Gasteiger partial charge in [0, 0.05) is 18.2 Å². The molecule has 0 saturated carbocycles. The van der Waals surface area contributed by atoms with Crippen molar-refractivity contribution < 1.29 is 98.4 Å². The Morgan fingerprint density at radius 2 is 1.35 bits per heavy atom. The van der Waals surface area contributed by atoms with E-state index in [2.05, 4.69) is 41.2 Å². The largest absolute Gasteiger partial charge is 0.490 e. The molecule has 5 rings (SSSR count). The molecule has 12 atom stereocenters. The van der Waals surface area contributed by atoms with Gasteiger partial charge in [-0.15, -0.1) is 0 Å². The fraction of sp³-hybridized carbons (Fsp3) is 0.550. The maximum absolute atomic E-state index is 12.4. The zero-order chi connectivity index (χ0) is 40.9. The lowest BCUT2D eigenvalue weighted by Gasteiger charge is -2.22. The highest BCUT2D eigenvalue weighted by molar-refractivity contribution is 7.71. The van der Waals surface area contributed by atoms with Gasteiger partial charge in [0.05, 0.1) is 25.6 Å². The lowest BCUT2D eigenvalue weighted by molar-refractivity contribution is -0.0503. The number of hydrogen-bond acceptors (Lipinski definition) is 22. The van der Waals surface area contributed by atoms with Crippen molar-refractivity contribution in [3.63, 3.8) is 0 Å². The number of hydrogen-bond donors (Lipinski definition) is 10. The van der Waals surface area contributed by atoms with Crippen LogP contribution in [0.4, 0.5) is 5.82 Å². The first-order valence-corrected chi connectivity index (χ1v) is 22.1. The smallest absolute Gasteiger partial charge is 0.390 e. The second-order valence-corrected chi connectivity index (χ2v) is 19.1. The molecule has 0 aliphatic carbocycles. The maximum Gasteiger partial charge on any atom is 0.490 e. The number of aryl methyl sites for hydroxylation is 1. The number of nitrogens with zero attached hydrogens (tertiary/aromatic N) is 5. The summed E-state index contributed by atoms with van der Waals surface area (Å²) in [5.41, 5.74) is 4.32. The zero-order valence-corrected chi connectivity index (χ0v) is 31.6. The van der Waals surface area contributed by atoms with E-state index in [1.807, 2.05) is 4.98 Å². The van der Waals surface area contributed by atoms with Gasteiger partial charge in [0.1, 0.15) is 42.5 Å². The summed E-state index contributed by atoms with van der Waals surface area (Å²) in [4.78, 5) is 86.4. The van der Waals surface area contributed by atoms with Crippen molar-refractivity contribution in [3.8, 4) is 0 Å². The third-order valence-electron chi connectivity index (χ3n) is 7.29.